The van der Waals surface area contributed by atoms with Gasteiger partial charge < -0.3 is 9.64 Å². The normalized spacial score (nSPS) is 22.8. The lowest BCUT2D eigenvalue weighted by Gasteiger charge is -2.29. The van der Waals surface area contributed by atoms with Crippen LogP contribution in [0.15, 0.2) is 42.5 Å². The molecule has 1 atom stereocenters. The first kappa shape index (κ1) is 20.9. The van der Waals surface area contributed by atoms with Crippen molar-refractivity contribution >= 4 is 35.1 Å². The molecular formula is C25H24N4O5. The predicted molar refractivity (Wildman–Crippen MR) is 123 cm³/mol. The number of benzene rings is 2. The molecule has 0 aromatic heterocycles. The van der Waals surface area contributed by atoms with Gasteiger partial charge in [0.1, 0.15) is 6.04 Å². The molecule has 9 nitrogen and oxygen atoms in total. The van der Waals surface area contributed by atoms with Crippen LogP contribution in [-0.2, 0) is 20.9 Å². The molecule has 1 N–H and O–H groups in total. The lowest BCUT2D eigenvalue weighted by atomic mass is 9.97. The second-order valence-corrected chi connectivity index (χ2v) is 9.15. The van der Waals surface area contributed by atoms with Gasteiger partial charge >= 0.3 is 6.03 Å². The van der Waals surface area contributed by atoms with Crippen molar-refractivity contribution in [3.05, 3.63) is 59.2 Å². The molecule has 174 valence electrons. The van der Waals surface area contributed by atoms with Crippen LogP contribution in [0.2, 0.25) is 0 Å². The van der Waals surface area contributed by atoms with Gasteiger partial charge in [-0.15, -0.1) is 0 Å². The van der Waals surface area contributed by atoms with Crippen molar-refractivity contribution < 1.29 is 23.9 Å². The van der Waals surface area contributed by atoms with E-state index in [0.717, 1.165) is 30.2 Å². The molecule has 4 heterocycles. The van der Waals surface area contributed by atoms with Crippen molar-refractivity contribution in [3.63, 3.8) is 0 Å². The Morgan fingerprint density at radius 3 is 2.26 bits per heavy atom. The summed E-state index contributed by atoms with van der Waals surface area (Å²) in [6.45, 7) is 2.89. The molecular weight excluding hydrogens is 436 g/mol. The highest BCUT2D eigenvalue weighted by Gasteiger charge is 2.40. The number of nitrogens with zero attached hydrogens (tertiary/aromatic N) is 3. The first-order valence-corrected chi connectivity index (χ1v) is 11.5. The fourth-order valence-electron chi connectivity index (χ4n) is 5.10. The van der Waals surface area contributed by atoms with E-state index in [9.17, 15) is 19.2 Å². The van der Waals surface area contributed by atoms with Gasteiger partial charge in [-0.05, 0) is 47.9 Å². The van der Waals surface area contributed by atoms with E-state index in [-0.39, 0.29) is 30.8 Å². The minimum absolute atomic E-state index is 0.106. The zero-order valence-corrected chi connectivity index (χ0v) is 18.5. The lowest BCUT2D eigenvalue weighted by molar-refractivity contribution is -0.136. The number of fused-ring (bicyclic) bond motifs is 1. The summed E-state index contributed by atoms with van der Waals surface area (Å²) in [4.78, 5) is 54.9. The number of carbonyl (C=O) groups is 4. The van der Waals surface area contributed by atoms with E-state index < -0.39 is 11.9 Å². The van der Waals surface area contributed by atoms with Crippen molar-refractivity contribution in [2.75, 3.05) is 36.1 Å². The molecule has 0 saturated carbocycles. The molecule has 1 unspecified atom stereocenters. The summed E-state index contributed by atoms with van der Waals surface area (Å²) in [6.07, 6.45) is 0.540. The number of imide groups is 1. The largest absolute Gasteiger partial charge is 0.380 e. The predicted octanol–water partition coefficient (Wildman–Crippen LogP) is 2.01. The molecule has 9 heteroatoms. The van der Waals surface area contributed by atoms with E-state index >= 15 is 0 Å². The van der Waals surface area contributed by atoms with Crippen molar-refractivity contribution in [1.82, 2.24) is 10.2 Å². The Labute approximate surface area is 196 Å². The third-order valence-electron chi connectivity index (χ3n) is 7.14. The average molecular weight is 460 g/mol. The smallest absolute Gasteiger partial charge is 0.329 e. The van der Waals surface area contributed by atoms with Crippen LogP contribution in [0.5, 0.6) is 0 Å². The first-order valence-electron chi connectivity index (χ1n) is 11.5. The second-order valence-electron chi connectivity index (χ2n) is 9.15. The van der Waals surface area contributed by atoms with E-state index in [1.807, 2.05) is 18.2 Å². The Bertz CT molecular complexity index is 1210. The van der Waals surface area contributed by atoms with Gasteiger partial charge in [-0.3, -0.25) is 29.5 Å². The van der Waals surface area contributed by atoms with Crippen LogP contribution in [0.4, 0.5) is 16.2 Å². The molecule has 34 heavy (non-hydrogen) atoms. The molecule has 0 aliphatic carbocycles. The van der Waals surface area contributed by atoms with Crippen LogP contribution in [0.1, 0.15) is 40.2 Å². The average Bonchev–Trinajstić information content (AvgIpc) is 3.33. The molecule has 4 aliphatic rings. The SMILES string of the molecule is O=C1CCC(N2Cc3cc(N4CCN(c5ccc(C6COC6)cc5)C4=O)ccc3C2=O)C(=O)N1. The monoisotopic (exact) mass is 460 g/mol. The number of nitrogens with one attached hydrogen (secondary N) is 1. The zero-order valence-electron chi connectivity index (χ0n) is 18.5. The fraction of sp³-hybridized carbons (Fsp3) is 0.360. The Morgan fingerprint density at radius 2 is 1.59 bits per heavy atom. The summed E-state index contributed by atoms with van der Waals surface area (Å²) in [5.41, 5.74) is 4.13. The van der Waals surface area contributed by atoms with E-state index in [1.54, 1.807) is 21.9 Å². The fourth-order valence-corrected chi connectivity index (χ4v) is 5.10. The Balaban J connectivity index is 1.18. The number of urea groups is 1. The first-order chi connectivity index (χ1) is 16.5. The maximum atomic E-state index is 13.2. The Morgan fingerprint density at radius 1 is 0.882 bits per heavy atom. The number of carbonyl (C=O) groups excluding carboxylic acids is 4. The van der Waals surface area contributed by atoms with Gasteiger partial charge in [-0.1, -0.05) is 12.1 Å². The minimum Gasteiger partial charge on any atom is -0.380 e. The third kappa shape index (κ3) is 3.35. The minimum atomic E-state index is -0.653. The van der Waals surface area contributed by atoms with Crippen LogP contribution in [0.3, 0.4) is 0 Å². The highest BCUT2D eigenvalue weighted by molar-refractivity contribution is 6.08. The van der Waals surface area contributed by atoms with Crippen molar-refractivity contribution in [3.8, 4) is 0 Å². The summed E-state index contributed by atoms with van der Waals surface area (Å²) in [5, 5.41) is 2.32. The van der Waals surface area contributed by atoms with E-state index in [0.29, 0.717) is 31.0 Å². The van der Waals surface area contributed by atoms with Crippen LogP contribution in [-0.4, -0.2) is 61.0 Å². The molecule has 0 bridgehead atoms. The Kier molecular flexibility index (Phi) is 4.88. The maximum absolute atomic E-state index is 13.2. The summed E-state index contributed by atoms with van der Waals surface area (Å²) in [7, 11) is 0. The van der Waals surface area contributed by atoms with Gasteiger partial charge in [0, 0.05) is 48.9 Å². The zero-order chi connectivity index (χ0) is 23.4. The number of ether oxygens (including phenoxy) is 1. The molecule has 0 spiro atoms. The van der Waals surface area contributed by atoms with E-state index in [4.69, 9.17) is 4.74 Å². The molecule has 6 rings (SSSR count). The van der Waals surface area contributed by atoms with E-state index in [1.165, 1.54) is 10.5 Å². The van der Waals surface area contributed by atoms with Gasteiger partial charge in [0.05, 0.1) is 13.2 Å². The molecule has 0 radical (unpaired) electrons. The molecule has 3 fully saturated rings. The molecule has 2 aromatic rings. The van der Waals surface area contributed by atoms with Gasteiger partial charge in [-0.25, -0.2) is 4.79 Å². The topological polar surface area (TPSA) is 99.3 Å². The second kappa shape index (κ2) is 7.95. The van der Waals surface area contributed by atoms with E-state index in [2.05, 4.69) is 17.4 Å². The highest BCUT2D eigenvalue weighted by atomic mass is 16.5. The van der Waals surface area contributed by atoms with Gasteiger partial charge in [-0.2, -0.15) is 0 Å². The number of hydrogen-bond acceptors (Lipinski definition) is 5. The molecule has 3 saturated heterocycles. The van der Waals surface area contributed by atoms with Crippen LogP contribution >= 0.6 is 0 Å². The quantitative estimate of drug-likeness (QED) is 0.704. The van der Waals surface area contributed by atoms with Gasteiger partial charge in [0.25, 0.3) is 5.91 Å². The van der Waals surface area contributed by atoms with Crippen molar-refractivity contribution in [2.24, 2.45) is 0 Å². The van der Waals surface area contributed by atoms with Gasteiger partial charge in [0.2, 0.25) is 11.8 Å². The summed E-state index contributed by atoms with van der Waals surface area (Å²) in [6, 6.07) is 12.7. The van der Waals surface area contributed by atoms with Crippen LogP contribution in [0, 0.1) is 0 Å². The van der Waals surface area contributed by atoms with Gasteiger partial charge in [0.15, 0.2) is 0 Å². The number of piperidine rings is 1. The number of hydrogen-bond donors (Lipinski definition) is 1. The maximum Gasteiger partial charge on any atom is 0.329 e. The molecule has 2 aromatic carbocycles. The van der Waals surface area contributed by atoms with Crippen LogP contribution < -0.4 is 15.1 Å². The van der Waals surface area contributed by atoms with Crippen molar-refractivity contribution in [2.45, 2.75) is 31.3 Å². The lowest BCUT2D eigenvalue weighted by Crippen LogP contribution is -2.52. The summed E-state index contributed by atoms with van der Waals surface area (Å²) in [5.74, 6) is -0.522. The Hall–Kier alpha value is -3.72. The van der Waals surface area contributed by atoms with Crippen molar-refractivity contribution in [1.29, 1.82) is 0 Å². The van der Waals surface area contributed by atoms with Crippen LogP contribution in [0.25, 0.3) is 0 Å². The third-order valence-corrected chi connectivity index (χ3v) is 7.14. The highest BCUT2D eigenvalue weighted by Crippen LogP contribution is 2.33. The summed E-state index contributed by atoms with van der Waals surface area (Å²) >= 11 is 0. The number of anilines is 2. The standard InChI is InChI=1S/C25H24N4O5/c30-22-8-7-21(23(31)26-22)29-12-16-11-19(5-6-20(16)24(29)32)28-10-9-27(25(28)33)18-3-1-15(2-4-18)17-13-34-14-17/h1-6,11,17,21H,7-10,12-14H2,(H,26,30,31). The summed E-state index contributed by atoms with van der Waals surface area (Å²) < 4.78 is 5.26. The molecule has 4 aliphatic heterocycles. The molecule has 5 amide bonds. The number of rotatable bonds is 4. The number of amides is 5.